The number of hydrogen-bond donors (Lipinski definition) is 0. The molecular weight excluding hydrogens is 296 g/mol. The lowest BCUT2D eigenvalue weighted by Gasteiger charge is -2.27. The molecule has 0 spiro atoms. The van der Waals surface area contributed by atoms with Gasteiger partial charge in [-0.15, -0.1) is 0 Å². The summed E-state index contributed by atoms with van der Waals surface area (Å²) in [5, 5.41) is 11.7. The second-order valence-electron chi connectivity index (χ2n) is 6.29. The molecule has 0 saturated heterocycles. The van der Waals surface area contributed by atoms with Crippen LogP contribution in [-0.4, -0.2) is 37.5 Å². The van der Waals surface area contributed by atoms with E-state index in [1.54, 1.807) is 12.4 Å². The highest BCUT2D eigenvalue weighted by Gasteiger charge is 2.28. The Kier molecular flexibility index (Phi) is 5.25. The zero-order valence-corrected chi connectivity index (χ0v) is 13.9. The fourth-order valence-corrected chi connectivity index (χ4v) is 2.46. The minimum Gasteiger partial charge on any atom is -0.350 e. The molecule has 2 aromatic rings. The third-order valence-electron chi connectivity index (χ3n) is 3.19. The van der Waals surface area contributed by atoms with E-state index in [-0.39, 0.29) is 11.5 Å². The molecule has 0 aliphatic rings. The summed E-state index contributed by atoms with van der Waals surface area (Å²) in [7, 11) is 0. The van der Waals surface area contributed by atoms with Crippen molar-refractivity contribution < 1.29 is 4.92 Å². The van der Waals surface area contributed by atoms with Gasteiger partial charge < -0.3 is 4.90 Å². The molecule has 2 heterocycles. The maximum atomic E-state index is 11.7. The van der Waals surface area contributed by atoms with Crippen LogP contribution in [0.15, 0.2) is 25.0 Å². The molecule has 23 heavy (non-hydrogen) atoms. The maximum Gasteiger partial charge on any atom is 0.354 e. The van der Waals surface area contributed by atoms with Gasteiger partial charge in [-0.05, 0) is 11.8 Å². The highest BCUT2D eigenvalue weighted by Crippen LogP contribution is 2.31. The van der Waals surface area contributed by atoms with Gasteiger partial charge in [-0.1, -0.05) is 27.7 Å². The van der Waals surface area contributed by atoms with Gasteiger partial charge in [0.1, 0.15) is 12.7 Å². The molecule has 0 atom stereocenters. The molecule has 0 radical (unpaired) electrons. The van der Waals surface area contributed by atoms with Crippen LogP contribution in [0.25, 0.3) is 5.82 Å². The van der Waals surface area contributed by atoms with E-state index in [1.807, 2.05) is 4.90 Å². The molecule has 0 aliphatic carbocycles. The third kappa shape index (κ3) is 4.02. The number of hydrogen-bond acceptors (Lipinski definition) is 6. The molecule has 0 N–H and O–H groups in total. The molecule has 0 bridgehead atoms. The Morgan fingerprint density at radius 1 is 1.22 bits per heavy atom. The molecule has 0 amide bonds. The fourth-order valence-electron chi connectivity index (χ4n) is 2.46. The monoisotopic (exact) mass is 318 g/mol. The minimum atomic E-state index is -0.418. The summed E-state index contributed by atoms with van der Waals surface area (Å²) < 4.78 is 1.53. The molecule has 0 aliphatic heterocycles. The van der Waals surface area contributed by atoms with Crippen molar-refractivity contribution in [3.63, 3.8) is 0 Å². The van der Waals surface area contributed by atoms with E-state index >= 15 is 0 Å². The van der Waals surface area contributed by atoms with E-state index in [2.05, 4.69) is 42.6 Å². The molecule has 8 nitrogen and oxygen atoms in total. The van der Waals surface area contributed by atoms with Gasteiger partial charge in [0, 0.05) is 25.5 Å². The van der Waals surface area contributed by atoms with Gasteiger partial charge in [-0.2, -0.15) is 0 Å². The summed E-state index contributed by atoms with van der Waals surface area (Å²) in [6.45, 7) is 9.71. The molecule has 0 saturated carbocycles. The summed E-state index contributed by atoms with van der Waals surface area (Å²) in [6, 6.07) is 0. The fraction of sp³-hybridized carbons (Fsp3) is 0.533. The summed E-state index contributed by atoms with van der Waals surface area (Å²) in [5.74, 6) is 1.31. The van der Waals surface area contributed by atoms with Crippen molar-refractivity contribution in [3.8, 4) is 5.82 Å². The summed E-state index contributed by atoms with van der Waals surface area (Å²) in [5.41, 5.74) is -0.0909. The first-order valence-electron chi connectivity index (χ1n) is 7.62. The summed E-state index contributed by atoms with van der Waals surface area (Å²) >= 11 is 0. The number of nitro groups is 1. The first-order valence-corrected chi connectivity index (χ1v) is 7.62. The molecule has 124 valence electrons. The average molecular weight is 318 g/mol. The van der Waals surface area contributed by atoms with Crippen molar-refractivity contribution in [2.45, 2.75) is 27.7 Å². The van der Waals surface area contributed by atoms with Crippen LogP contribution in [-0.2, 0) is 0 Å². The van der Waals surface area contributed by atoms with Gasteiger partial charge in [0.2, 0.25) is 11.6 Å². The average Bonchev–Trinajstić information content (AvgIpc) is 2.98. The topological polar surface area (TPSA) is 90.0 Å². The number of imidazole rings is 1. The van der Waals surface area contributed by atoms with Crippen molar-refractivity contribution in [2.24, 2.45) is 11.8 Å². The largest absolute Gasteiger partial charge is 0.354 e. The lowest BCUT2D eigenvalue weighted by atomic mass is 10.1. The van der Waals surface area contributed by atoms with Crippen molar-refractivity contribution in [2.75, 3.05) is 18.0 Å². The van der Waals surface area contributed by atoms with Crippen molar-refractivity contribution in [1.82, 2.24) is 19.5 Å². The number of aromatic nitrogens is 4. The Morgan fingerprint density at radius 3 is 2.35 bits per heavy atom. The van der Waals surface area contributed by atoms with Crippen LogP contribution in [0.5, 0.6) is 0 Å². The van der Waals surface area contributed by atoms with Gasteiger partial charge in [-0.3, -0.25) is 14.7 Å². The number of nitrogens with zero attached hydrogens (tertiary/aromatic N) is 6. The van der Waals surface area contributed by atoms with E-state index < -0.39 is 4.92 Å². The standard InChI is InChI=1S/C15H22N6O2/c1-11(2)7-20(8-12(3)4)15-13(21(22)23)14(17-9-18-15)19-6-5-16-10-19/h5-6,9-12H,7-8H2,1-4H3. The minimum absolute atomic E-state index is 0.0909. The third-order valence-corrected chi connectivity index (χ3v) is 3.19. The van der Waals surface area contributed by atoms with E-state index in [4.69, 9.17) is 0 Å². The van der Waals surface area contributed by atoms with Gasteiger partial charge in [0.25, 0.3) is 0 Å². The van der Waals surface area contributed by atoms with Crippen molar-refractivity contribution >= 4 is 11.5 Å². The predicted octanol–water partition coefficient (Wildman–Crippen LogP) is 2.69. The maximum absolute atomic E-state index is 11.7. The van der Waals surface area contributed by atoms with Gasteiger partial charge >= 0.3 is 5.69 Å². The molecular formula is C15H22N6O2. The van der Waals surface area contributed by atoms with Crippen LogP contribution in [0, 0.1) is 22.0 Å². The Morgan fingerprint density at radius 2 is 1.87 bits per heavy atom. The highest BCUT2D eigenvalue weighted by atomic mass is 16.6. The van der Waals surface area contributed by atoms with Crippen LogP contribution in [0.2, 0.25) is 0 Å². The normalized spacial score (nSPS) is 11.2. The second kappa shape index (κ2) is 7.17. The van der Waals surface area contributed by atoms with Gasteiger partial charge in [0.05, 0.1) is 4.92 Å². The molecule has 2 aromatic heterocycles. The SMILES string of the molecule is CC(C)CN(CC(C)C)c1ncnc(-n2ccnc2)c1[N+](=O)[O-]. The van der Waals surface area contributed by atoms with Crippen LogP contribution in [0.4, 0.5) is 11.5 Å². The molecule has 0 aromatic carbocycles. The number of rotatable bonds is 7. The molecule has 0 fully saturated rings. The first-order chi connectivity index (χ1) is 10.9. The lowest BCUT2D eigenvalue weighted by Crippen LogP contribution is -2.33. The van der Waals surface area contributed by atoms with E-state index in [9.17, 15) is 10.1 Å². The Labute approximate surface area is 135 Å². The van der Waals surface area contributed by atoms with Gasteiger partial charge in [-0.25, -0.2) is 15.0 Å². The zero-order valence-electron chi connectivity index (χ0n) is 13.9. The molecule has 8 heteroatoms. The van der Waals surface area contributed by atoms with E-state index in [0.29, 0.717) is 30.7 Å². The lowest BCUT2D eigenvalue weighted by molar-refractivity contribution is -0.384. The summed E-state index contributed by atoms with van der Waals surface area (Å²) in [6.07, 6.45) is 6.06. The Balaban J connectivity index is 2.55. The van der Waals surface area contributed by atoms with Crippen LogP contribution >= 0.6 is 0 Å². The van der Waals surface area contributed by atoms with E-state index in [0.717, 1.165) is 0 Å². The van der Waals surface area contributed by atoms with Crippen LogP contribution < -0.4 is 4.90 Å². The highest BCUT2D eigenvalue weighted by molar-refractivity contribution is 5.65. The quantitative estimate of drug-likeness (QED) is 0.576. The zero-order chi connectivity index (χ0) is 17.0. The van der Waals surface area contributed by atoms with E-state index in [1.165, 1.54) is 17.2 Å². The van der Waals surface area contributed by atoms with Crippen molar-refractivity contribution in [1.29, 1.82) is 0 Å². The van der Waals surface area contributed by atoms with Crippen molar-refractivity contribution in [3.05, 3.63) is 35.2 Å². The Bertz CT molecular complexity index is 644. The molecule has 0 unspecified atom stereocenters. The Hall–Kier alpha value is -2.51. The van der Waals surface area contributed by atoms with Gasteiger partial charge in [0.15, 0.2) is 0 Å². The van der Waals surface area contributed by atoms with Crippen LogP contribution in [0.1, 0.15) is 27.7 Å². The van der Waals surface area contributed by atoms with Crippen LogP contribution in [0.3, 0.4) is 0 Å². The molecule has 2 rings (SSSR count). The summed E-state index contributed by atoms with van der Waals surface area (Å²) in [4.78, 5) is 25.5. The number of anilines is 1. The first kappa shape index (κ1) is 16.9. The predicted molar refractivity (Wildman–Crippen MR) is 87.7 cm³/mol. The smallest absolute Gasteiger partial charge is 0.350 e. The second-order valence-corrected chi connectivity index (χ2v) is 6.29.